The Kier molecular flexibility index (Phi) is 2.29. The summed E-state index contributed by atoms with van der Waals surface area (Å²) in [6.45, 7) is 2.87. The summed E-state index contributed by atoms with van der Waals surface area (Å²) in [6.07, 6.45) is 2.66. The molecule has 1 aliphatic heterocycles. The molecule has 1 unspecified atom stereocenters. The largest absolute Gasteiger partial charge is 0.478 e. The molecular formula is C8H13NO2. The molecule has 11 heavy (non-hydrogen) atoms. The second-order valence-electron chi connectivity index (χ2n) is 2.91. The van der Waals surface area contributed by atoms with E-state index in [9.17, 15) is 4.79 Å². The van der Waals surface area contributed by atoms with Crippen LogP contribution in [-0.4, -0.2) is 35.6 Å². The van der Waals surface area contributed by atoms with E-state index in [0.717, 1.165) is 13.0 Å². The number of carboxylic acids is 1. The molecular weight excluding hydrogens is 142 g/mol. The number of carboxylic acid groups (broad SMARTS) is 1. The van der Waals surface area contributed by atoms with Gasteiger partial charge in [-0.2, -0.15) is 0 Å². The minimum Gasteiger partial charge on any atom is -0.478 e. The van der Waals surface area contributed by atoms with E-state index in [1.807, 2.05) is 24.9 Å². The Bertz CT molecular complexity index is 198. The number of rotatable bonds is 1. The van der Waals surface area contributed by atoms with Crippen molar-refractivity contribution in [1.82, 2.24) is 4.90 Å². The van der Waals surface area contributed by atoms with Gasteiger partial charge in [-0.15, -0.1) is 0 Å². The first kappa shape index (κ1) is 8.27. The van der Waals surface area contributed by atoms with Crippen molar-refractivity contribution in [1.29, 1.82) is 0 Å². The maximum atomic E-state index is 10.6. The van der Waals surface area contributed by atoms with Gasteiger partial charge in [-0.1, -0.05) is 6.08 Å². The lowest BCUT2D eigenvalue weighted by molar-refractivity contribution is -0.133. The molecule has 0 aromatic heterocycles. The van der Waals surface area contributed by atoms with E-state index in [-0.39, 0.29) is 6.04 Å². The summed E-state index contributed by atoms with van der Waals surface area (Å²) in [7, 11) is 1.95. The highest BCUT2D eigenvalue weighted by molar-refractivity contribution is 5.88. The molecule has 0 amide bonds. The first-order valence-electron chi connectivity index (χ1n) is 3.76. The highest BCUT2D eigenvalue weighted by atomic mass is 16.4. The summed E-state index contributed by atoms with van der Waals surface area (Å²) in [5.41, 5.74) is 0.527. The van der Waals surface area contributed by atoms with Gasteiger partial charge in [-0.25, -0.2) is 4.79 Å². The molecule has 0 fully saturated rings. The first-order chi connectivity index (χ1) is 5.13. The van der Waals surface area contributed by atoms with E-state index in [1.54, 1.807) is 0 Å². The molecule has 3 nitrogen and oxygen atoms in total. The Labute approximate surface area is 66.3 Å². The van der Waals surface area contributed by atoms with Crippen molar-refractivity contribution >= 4 is 5.97 Å². The number of nitrogens with zero attached hydrogens (tertiary/aromatic N) is 1. The van der Waals surface area contributed by atoms with E-state index < -0.39 is 5.97 Å². The third-order valence-electron chi connectivity index (χ3n) is 2.20. The van der Waals surface area contributed by atoms with Crippen LogP contribution in [0.15, 0.2) is 11.6 Å². The maximum Gasteiger partial charge on any atom is 0.332 e. The van der Waals surface area contributed by atoms with Crippen LogP contribution in [0.3, 0.4) is 0 Å². The highest BCUT2D eigenvalue weighted by Crippen LogP contribution is 2.15. The first-order valence-corrected chi connectivity index (χ1v) is 3.76. The van der Waals surface area contributed by atoms with Gasteiger partial charge in [-0.05, 0) is 20.4 Å². The zero-order chi connectivity index (χ0) is 8.43. The Hall–Kier alpha value is -0.830. The molecule has 1 rings (SSSR count). The summed E-state index contributed by atoms with van der Waals surface area (Å²) < 4.78 is 0. The van der Waals surface area contributed by atoms with Gasteiger partial charge in [0.15, 0.2) is 0 Å². The van der Waals surface area contributed by atoms with Crippen molar-refractivity contribution in [2.45, 2.75) is 19.4 Å². The van der Waals surface area contributed by atoms with Gasteiger partial charge in [0, 0.05) is 18.2 Å². The number of aliphatic carboxylic acids is 1. The zero-order valence-electron chi connectivity index (χ0n) is 6.87. The van der Waals surface area contributed by atoms with Crippen LogP contribution in [0, 0.1) is 0 Å². The molecule has 3 heteroatoms. The van der Waals surface area contributed by atoms with Crippen molar-refractivity contribution in [2.24, 2.45) is 0 Å². The van der Waals surface area contributed by atoms with Crippen molar-refractivity contribution in [3.05, 3.63) is 11.6 Å². The fraction of sp³-hybridized carbons (Fsp3) is 0.625. The topological polar surface area (TPSA) is 40.5 Å². The van der Waals surface area contributed by atoms with Crippen LogP contribution in [0.1, 0.15) is 13.3 Å². The molecule has 0 saturated carbocycles. The average Bonchev–Trinajstić information content (AvgIpc) is 1.94. The van der Waals surface area contributed by atoms with Crippen LogP contribution in [-0.2, 0) is 4.79 Å². The number of hydrogen-bond donors (Lipinski definition) is 1. The smallest absolute Gasteiger partial charge is 0.332 e. The predicted molar refractivity (Wildman–Crippen MR) is 42.4 cm³/mol. The molecule has 0 aliphatic carbocycles. The highest BCUT2D eigenvalue weighted by Gasteiger charge is 2.22. The van der Waals surface area contributed by atoms with Crippen LogP contribution in [0.2, 0.25) is 0 Å². The van der Waals surface area contributed by atoms with Gasteiger partial charge < -0.3 is 5.11 Å². The molecule has 0 aromatic rings. The summed E-state index contributed by atoms with van der Waals surface area (Å²) in [6, 6.07) is 0.0567. The Morgan fingerprint density at radius 3 is 2.91 bits per heavy atom. The molecule has 1 atom stereocenters. The van der Waals surface area contributed by atoms with Gasteiger partial charge in [0.2, 0.25) is 0 Å². The molecule has 62 valence electrons. The van der Waals surface area contributed by atoms with Gasteiger partial charge in [0.1, 0.15) is 0 Å². The van der Waals surface area contributed by atoms with Gasteiger partial charge in [0.25, 0.3) is 0 Å². The van der Waals surface area contributed by atoms with Gasteiger partial charge in [0.05, 0.1) is 0 Å². The lowest BCUT2D eigenvalue weighted by Gasteiger charge is -2.28. The molecule has 0 bridgehead atoms. The molecule has 0 aromatic carbocycles. The molecule has 1 heterocycles. The minimum atomic E-state index is -0.788. The second-order valence-corrected chi connectivity index (χ2v) is 2.91. The summed E-state index contributed by atoms with van der Waals surface area (Å²) in [5, 5.41) is 8.73. The minimum absolute atomic E-state index is 0.0567. The maximum absolute atomic E-state index is 10.6. The summed E-state index contributed by atoms with van der Waals surface area (Å²) in [5.74, 6) is -0.788. The van der Waals surface area contributed by atoms with Gasteiger partial charge >= 0.3 is 5.97 Å². The average molecular weight is 155 g/mol. The van der Waals surface area contributed by atoms with Crippen LogP contribution in [0.5, 0.6) is 0 Å². The SMILES string of the molecule is CC1C(C(=O)O)=CCCN1C. The van der Waals surface area contributed by atoms with Crippen molar-refractivity contribution in [2.75, 3.05) is 13.6 Å². The Morgan fingerprint density at radius 2 is 2.45 bits per heavy atom. The van der Waals surface area contributed by atoms with Crippen LogP contribution in [0.4, 0.5) is 0 Å². The Balaban J connectivity index is 2.78. The van der Waals surface area contributed by atoms with Crippen LogP contribution in [0.25, 0.3) is 0 Å². The predicted octanol–water partition coefficient (Wildman–Crippen LogP) is 0.721. The van der Waals surface area contributed by atoms with Crippen molar-refractivity contribution in [3.8, 4) is 0 Å². The lowest BCUT2D eigenvalue weighted by Crippen LogP contribution is -2.36. The van der Waals surface area contributed by atoms with E-state index in [1.165, 1.54) is 0 Å². The van der Waals surface area contributed by atoms with Crippen LogP contribution >= 0.6 is 0 Å². The van der Waals surface area contributed by atoms with Gasteiger partial charge in [-0.3, -0.25) is 4.90 Å². The zero-order valence-corrected chi connectivity index (χ0v) is 6.87. The summed E-state index contributed by atoms with van der Waals surface area (Å²) >= 11 is 0. The number of hydrogen-bond acceptors (Lipinski definition) is 2. The molecule has 0 saturated heterocycles. The van der Waals surface area contributed by atoms with E-state index in [4.69, 9.17) is 5.11 Å². The third kappa shape index (κ3) is 1.60. The molecule has 0 radical (unpaired) electrons. The standard InChI is InChI=1S/C8H13NO2/c1-6-7(8(10)11)4-3-5-9(6)2/h4,6H,3,5H2,1-2H3,(H,10,11). The Morgan fingerprint density at radius 1 is 1.82 bits per heavy atom. The molecule has 1 N–H and O–H groups in total. The monoisotopic (exact) mass is 155 g/mol. The van der Waals surface area contributed by atoms with Crippen molar-refractivity contribution < 1.29 is 9.90 Å². The van der Waals surface area contributed by atoms with Crippen LogP contribution < -0.4 is 0 Å². The fourth-order valence-electron chi connectivity index (χ4n) is 1.29. The normalized spacial score (nSPS) is 26.4. The quantitative estimate of drug-likeness (QED) is 0.606. The fourth-order valence-corrected chi connectivity index (χ4v) is 1.29. The third-order valence-corrected chi connectivity index (χ3v) is 2.20. The second kappa shape index (κ2) is 3.05. The number of likely N-dealkylation sites (N-methyl/N-ethyl adjacent to an activating group) is 1. The lowest BCUT2D eigenvalue weighted by atomic mass is 10.0. The molecule has 0 spiro atoms. The molecule has 1 aliphatic rings. The van der Waals surface area contributed by atoms with E-state index >= 15 is 0 Å². The van der Waals surface area contributed by atoms with Crippen molar-refractivity contribution in [3.63, 3.8) is 0 Å². The summed E-state index contributed by atoms with van der Waals surface area (Å²) in [4.78, 5) is 12.7. The van der Waals surface area contributed by atoms with E-state index in [2.05, 4.69) is 0 Å². The number of carbonyl (C=O) groups is 1. The van der Waals surface area contributed by atoms with E-state index in [0.29, 0.717) is 5.57 Å².